The van der Waals surface area contributed by atoms with E-state index in [-0.39, 0.29) is 34.1 Å². The first-order valence-corrected chi connectivity index (χ1v) is 7.47. The highest BCUT2D eigenvalue weighted by atomic mass is 35.5. The lowest BCUT2D eigenvalue weighted by molar-refractivity contribution is -0.385. The number of sulfonamides is 1. The normalized spacial score (nSPS) is 11.1. The predicted octanol–water partition coefficient (Wildman–Crippen LogP) is 2.14. The van der Waals surface area contributed by atoms with Gasteiger partial charge in [-0.2, -0.15) is 5.26 Å². The zero-order chi connectivity index (χ0) is 15.3. The van der Waals surface area contributed by atoms with Crippen molar-refractivity contribution in [2.75, 3.05) is 6.54 Å². The van der Waals surface area contributed by atoms with Gasteiger partial charge in [-0.1, -0.05) is 11.6 Å². The minimum atomic E-state index is -3.88. The molecule has 20 heavy (non-hydrogen) atoms. The van der Waals surface area contributed by atoms with E-state index in [1.807, 2.05) is 6.07 Å². The lowest BCUT2D eigenvalue weighted by Crippen LogP contribution is -2.25. The van der Waals surface area contributed by atoms with Crippen LogP contribution in [0.15, 0.2) is 17.0 Å². The van der Waals surface area contributed by atoms with Crippen LogP contribution in [0.5, 0.6) is 0 Å². The van der Waals surface area contributed by atoms with E-state index in [4.69, 9.17) is 16.9 Å². The number of rotatable bonds is 6. The third kappa shape index (κ3) is 3.90. The van der Waals surface area contributed by atoms with Crippen LogP contribution in [0.1, 0.15) is 18.4 Å². The summed E-state index contributed by atoms with van der Waals surface area (Å²) in [5, 5.41) is 19.2. The average Bonchev–Trinajstić information content (AvgIpc) is 2.37. The Balaban J connectivity index is 3.07. The summed E-state index contributed by atoms with van der Waals surface area (Å²) in [4.78, 5) is 9.90. The molecule has 9 heteroatoms. The first-order valence-electron chi connectivity index (χ1n) is 5.60. The van der Waals surface area contributed by atoms with E-state index in [1.165, 1.54) is 6.92 Å². The Hall–Kier alpha value is -1.69. The number of hydrogen-bond acceptors (Lipinski definition) is 5. The summed E-state index contributed by atoms with van der Waals surface area (Å²) in [6.07, 6.45) is 0.578. The minimum Gasteiger partial charge on any atom is -0.258 e. The van der Waals surface area contributed by atoms with Crippen LogP contribution < -0.4 is 4.72 Å². The first kappa shape index (κ1) is 16.4. The highest BCUT2D eigenvalue weighted by molar-refractivity contribution is 7.89. The summed E-state index contributed by atoms with van der Waals surface area (Å²) in [5.41, 5.74) is -0.144. The van der Waals surface area contributed by atoms with Crippen LogP contribution in [0, 0.1) is 28.4 Å². The molecule has 0 bridgehead atoms. The van der Waals surface area contributed by atoms with E-state index >= 15 is 0 Å². The van der Waals surface area contributed by atoms with Crippen LogP contribution in [0.2, 0.25) is 5.02 Å². The largest absolute Gasteiger partial charge is 0.275 e. The number of benzene rings is 1. The van der Waals surface area contributed by atoms with Crippen LogP contribution >= 0.6 is 11.6 Å². The van der Waals surface area contributed by atoms with Crippen molar-refractivity contribution in [2.45, 2.75) is 24.7 Å². The maximum atomic E-state index is 12.0. The standard InChI is InChI=1S/C11H12ClN3O4S/c1-8-10(12)6-9(7-11(8)15(16)17)20(18,19)14-5-3-2-4-13/h6-7,14H,2-3,5H2,1H3. The number of nitro benzene ring substituents is 1. The van der Waals surface area contributed by atoms with Gasteiger partial charge in [-0.05, 0) is 19.4 Å². The second kappa shape index (κ2) is 6.65. The highest BCUT2D eigenvalue weighted by Gasteiger charge is 2.22. The van der Waals surface area contributed by atoms with Crippen LogP contribution in [-0.4, -0.2) is 19.9 Å². The van der Waals surface area contributed by atoms with Crippen molar-refractivity contribution in [1.29, 1.82) is 5.26 Å². The molecule has 1 aromatic rings. The zero-order valence-corrected chi connectivity index (χ0v) is 12.2. The van der Waals surface area contributed by atoms with Gasteiger partial charge in [0, 0.05) is 24.6 Å². The second-order valence-corrected chi connectivity index (χ2v) is 6.14. The van der Waals surface area contributed by atoms with Crippen molar-refractivity contribution in [2.24, 2.45) is 0 Å². The molecule has 7 nitrogen and oxygen atoms in total. The topological polar surface area (TPSA) is 113 Å². The molecular formula is C11H12ClN3O4S. The molecule has 108 valence electrons. The molecule has 0 saturated heterocycles. The van der Waals surface area contributed by atoms with Gasteiger partial charge in [0.05, 0.1) is 20.9 Å². The summed E-state index contributed by atoms with van der Waals surface area (Å²) in [6, 6.07) is 4.02. The molecule has 0 heterocycles. The summed E-state index contributed by atoms with van der Waals surface area (Å²) in [5.74, 6) is 0. The van der Waals surface area contributed by atoms with Gasteiger partial charge in [-0.3, -0.25) is 10.1 Å². The van der Waals surface area contributed by atoms with Crippen molar-refractivity contribution in [3.63, 3.8) is 0 Å². The number of hydrogen-bond donors (Lipinski definition) is 1. The van der Waals surface area contributed by atoms with E-state index in [1.54, 1.807) is 0 Å². The lowest BCUT2D eigenvalue weighted by Gasteiger charge is -2.08. The molecule has 0 aliphatic heterocycles. The van der Waals surface area contributed by atoms with Gasteiger partial charge in [-0.15, -0.1) is 0 Å². The first-order chi connectivity index (χ1) is 9.29. The number of halogens is 1. The highest BCUT2D eigenvalue weighted by Crippen LogP contribution is 2.29. The van der Waals surface area contributed by atoms with Gasteiger partial charge in [0.1, 0.15) is 0 Å². The van der Waals surface area contributed by atoms with E-state index in [0.717, 1.165) is 12.1 Å². The number of nitrogens with one attached hydrogen (secondary N) is 1. The predicted molar refractivity (Wildman–Crippen MR) is 72.9 cm³/mol. The Morgan fingerprint density at radius 2 is 2.15 bits per heavy atom. The molecule has 1 N–H and O–H groups in total. The number of unbranched alkanes of at least 4 members (excludes halogenated alkanes) is 1. The van der Waals surface area contributed by atoms with E-state index in [9.17, 15) is 18.5 Å². The average molecular weight is 318 g/mol. The van der Waals surface area contributed by atoms with Crippen LogP contribution in [0.25, 0.3) is 0 Å². The fourth-order valence-electron chi connectivity index (χ4n) is 1.44. The summed E-state index contributed by atoms with van der Waals surface area (Å²) in [7, 11) is -3.88. The molecule has 1 aromatic carbocycles. The Kier molecular flexibility index (Phi) is 5.44. The third-order valence-electron chi connectivity index (χ3n) is 2.55. The van der Waals surface area contributed by atoms with Crippen molar-refractivity contribution in [3.8, 4) is 6.07 Å². The molecule has 0 atom stereocenters. The summed E-state index contributed by atoms with van der Waals surface area (Å²) >= 11 is 5.81. The Morgan fingerprint density at radius 3 is 2.70 bits per heavy atom. The molecule has 0 amide bonds. The fourth-order valence-corrected chi connectivity index (χ4v) is 2.84. The second-order valence-electron chi connectivity index (χ2n) is 3.97. The van der Waals surface area contributed by atoms with Crippen molar-refractivity contribution >= 4 is 27.3 Å². The van der Waals surface area contributed by atoms with E-state index < -0.39 is 14.9 Å². The fraction of sp³-hybridized carbons (Fsp3) is 0.364. The Labute approximate surface area is 121 Å². The van der Waals surface area contributed by atoms with Crippen molar-refractivity contribution in [1.82, 2.24) is 4.72 Å². The molecule has 0 aliphatic carbocycles. The van der Waals surface area contributed by atoms with Crippen LogP contribution in [-0.2, 0) is 10.0 Å². The SMILES string of the molecule is Cc1c(Cl)cc(S(=O)(=O)NCCCC#N)cc1[N+](=O)[O-]. The van der Waals surface area contributed by atoms with Gasteiger partial charge in [0.25, 0.3) is 5.69 Å². The molecule has 0 spiro atoms. The van der Waals surface area contributed by atoms with Gasteiger partial charge in [-0.25, -0.2) is 13.1 Å². The number of nitrogens with zero attached hydrogens (tertiary/aromatic N) is 2. The van der Waals surface area contributed by atoms with Gasteiger partial charge < -0.3 is 0 Å². The Morgan fingerprint density at radius 1 is 1.50 bits per heavy atom. The molecule has 0 fully saturated rings. The summed E-state index contributed by atoms with van der Waals surface area (Å²) < 4.78 is 26.2. The molecule has 1 rings (SSSR count). The maximum absolute atomic E-state index is 12.0. The zero-order valence-electron chi connectivity index (χ0n) is 10.6. The Bertz CT molecular complexity index is 667. The molecule has 0 aromatic heterocycles. The van der Waals surface area contributed by atoms with Gasteiger partial charge in [0.15, 0.2) is 0 Å². The smallest absolute Gasteiger partial charge is 0.258 e. The molecular weight excluding hydrogens is 306 g/mol. The van der Waals surface area contributed by atoms with Crippen LogP contribution in [0.3, 0.4) is 0 Å². The molecule has 0 unspecified atom stereocenters. The monoisotopic (exact) mass is 317 g/mol. The van der Waals surface area contributed by atoms with Crippen molar-refractivity contribution < 1.29 is 13.3 Å². The van der Waals surface area contributed by atoms with Crippen LogP contribution in [0.4, 0.5) is 5.69 Å². The van der Waals surface area contributed by atoms with Gasteiger partial charge >= 0.3 is 0 Å². The number of nitriles is 1. The molecule has 0 aliphatic rings. The molecule has 0 radical (unpaired) electrons. The molecule has 0 saturated carbocycles. The maximum Gasteiger partial charge on any atom is 0.275 e. The van der Waals surface area contributed by atoms with Gasteiger partial charge in [0.2, 0.25) is 10.0 Å². The number of nitro groups is 1. The van der Waals surface area contributed by atoms with Crippen molar-refractivity contribution in [3.05, 3.63) is 32.8 Å². The minimum absolute atomic E-state index is 0.0107. The van der Waals surface area contributed by atoms with E-state index in [2.05, 4.69) is 4.72 Å². The quantitative estimate of drug-likeness (QED) is 0.490. The van der Waals surface area contributed by atoms with E-state index in [0.29, 0.717) is 6.42 Å². The lowest BCUT2D eigenvalue weighted by atomic mass is 10.2. The summed E-state index contributed by atoms with van der Waals surface area (Å²) in [6.45, 7) is 1.52. The third-order valence-corrected chi connectivity index (χ3v) is 4.39.